The minimum absolute atomic E-state index is 0.707. The van der Waals surface area contributed by atoms with Crippen LogP contribution in [0.25, 0.3) is 0 Å². The topological polar surface area (TPSA) is 66.4 Å². The number of carboxylic acid groups (broad SMARTS) is 1. The first kappa shape index (κ1) is 9.81. The van der Waals surface area contributed by atoms with Gasteiger partial charge in [0.15, 0.2) is 0 Å². The standard InChI is InChI=1S/C10H7NO3/c12-9(10(13)14)11-7-6-8-4-2-1-3-5-8/h1-5H,(H,11,12)(H,13,14). The van der Waals surface area contributed by atoms with Crippen LogP contribution < -0.4 is 5.32 Å². The summed E-state index contributed by atoms with van der Waals surface area (Å²) in [5.74, 6) is -0.0947. The average molecular weight is 189 g/mol. The SMILES string of the molecule is O=C(O)C(=O)NC#Cc1ccccc1. The van der Waals surface area contributed by atoms with E-state index in [4.69, 9.17) is 5.11 Å². The molecule has 14 heavy (non-hydrogen) atoms. The van der Waals surface area contributed by atoms with Crippen LogP contribution in [0.5, 0.6) is 0 Å². The lowest BCUT2D eigenvalue weighted by Crippen LogP contribution is -2.26. The molecule has 0 unspecified atom stereocenters. The number of carbonyl (C=O) groups excluding carboxylic acids is 1. The predicted octanol–water partition coefficient (Wildman–Crippen LogP) is 0.196. The lowest BCUT2D eigenvalue weighted by atomic mass is 10.2. The van der Waals surface area contributed by atoms with E-state index in [0.29, 0.717) is 5.56 Å². The quantitative estimate of drug-likeness (QED) is 0.348. The second-order valence-corrected chi connectivity index (χ2v) is 2.38. The first-order chi connectivity index (χ1) is 6.70. The largest absolute Gasteiger partial charge is 0.474 e. The Kier molecular flexibility index (Phi) is 3.27. The summed E-state index contributed by atoms with van der Waals surface area (Å²) in [5.41, 5.74) is 0.707. The molecular formula is C10H7NO3. The van der Waals surface area contributed by atoms with Crippen molar-refractivity contribution in [3.05, 3.63) is 35.9 Å². The number of amides is 1. The van der Waals surface area contributed by atoms with Gasteiger partial charge in [-0.3, -0.25) is 10.1 Å². The molecule has 0 bridgehead atoms. The zero-order valence-corrected chi connectivity index (χ0v) is 7.15. The molecule has 0 spiro atoms. The molecule has 4 nitrogen and oxygen atoms in total. The highest BCUT2D eigenvalue weighted by Gasteiger charge is 2.07. The molecule has 0 aromatic heterocycles. The van der Waals surface area contributed by atoms with Crippen molar-refractivity contribution in [3.63, 3.8) is 0 Å². The summed E-state index contributed by atoms with van der Waals surface area (Å²) in [7, 11) is 0. The summed E-state index contributed by atoms with van der Waals surface area (Å²) >= 11 is 0. The van der Waals surface area contributed by atoms with E-state index in [1.807, 2.05) is 11.4 Å². The van der Waals surface area contributed by atoms with Crippen LogP contribution in [0.4, 0.5) is 0 Å². The molecule has 1 amide bonds. The molecule has 0 heterocycles. The van der Waals surface area contributed by atoms with Crippen molar-refractivity contribution in [1.82, 2.24) is 5.32 Å². The van der Waals surface area contributed by atoms with E-state index in [0.717, 1.165) is 0 Å². The lowest BCUT2D eigenvalue weighted by molar-refractivity contribution is -0.149. The second kappa shape index (κ2) is 4.67. The van der Waals surface area contributed by atoms with E-state index in [1.165, 1.54) is 0 Å². The minimum atomic E-state index is -1.55. The Morgan fingerprint density at radius 3 is 2.43 bits per heavy atom. The Bertz CT molecular complexity index is 400. The van der Waals surface area contributed by atoms with Gasteiger partial charge in [-0.2, -0.15) is 0 Å². The van der Waals surface area contributed by atoms with E-state index >= 15 is 0 Å². The molecule has 70 valence electrons. The number of benzene rings is 1. The molecule has 0 saturated heterocycles. The lowest BCUT2D eigenvalue weighted by Gasteiger charge is -1.88. The fraction of sp³-hybridized carbons (Fsp3) is 0. The maximum atomic E-state index is 10.5. The van der Waals surface area contributed by atoms with Crippen molar-refractivity contribution >= 4 is 11.9 Å². The van der Waals surface area contributed by atoms with Crippen molar-refractivity contribution in [1.29, 1.82) is 0 Å². The van der Waals surface area contributed by atoms with Gasteiger partial charge in [0.05, 0.1) is 0 Å². The van der Waals surface area contributed by atoms with Gasteiger partial charge < -0.3 is 5.11 Å². The highest BCUT2D eigenvalue weighted by molar-refractivity contribution is 6.31. The van der Waals surface area contributed by atoms with E-state index in [-0.39, 0.29) is 0 Å². The highest BCUT2D eigenvalue weighted by atomic mass is 16.4. The van der Waals surface area contributed by atoms with Gasteiger partial charge in [0, 0.05) is 11.6 Å². The maximum Gasteiger partial charge on any atom is 0.395 e. The Morgan fingerprint density at radius 2 is 1.86 bits per heavy atom. The molecule has 4 heteroatoms. The van der Waals surface area contributed by atoms with Crippen LogP contribution in [0.2, 0.25) is 0 Å². The van der Waals surface area contributed by atoms with Crippen LogP contribution in [0, 0.1) is 12.0 Å². The van der Waals surface area contributed by atoms with Gasteiger partial charge in [-0.05, 0) is 18.1 Å². The molecule has 1 rings (SSSR count). The van der Waals surface area contributed by atoms with Crippen LogP contribution >= 0.6 is 0 Å². The van der Waals surface area contributed by atoms with Gasteiger partial charge in [-0.15, -0.1) is 0 Å². The van der Waals surface area contributed by atoms with E-state index in [1.54, 1.807) is 24.3 Å². The fourth-order valence-electron chi connectivity index (χ4n) is 0.735. The van der Waals surface area contributed by atoms with Crippen LogP contribution in [-0.2, 0) is 9.59 Å². The molecule has 0 radical (unpaired) electrons. The third-order valence-corrected chi connectivity index (χ3v) is 1.35. The summed E-state index contributed by atoms with van der Waals surface area (Å²) < 4.78 is 0. The Hall–Kier alpha value is -2.28. The second-order valence-electron chi connectivity index (χ2n) is 2.38. The molecule has 0 saturated carbocycles. The Morgan fingerprint density at radius 1 is 1.21 bits per heavy atom. The predicted molar refractivity (Wildman–Crippen MR) is 49.1 cm³/mol. The molecule has 1 aromatic carbocycles. The van der Waals surface area contributed by atoms with Gasteiger partial charge in [-0.1, -0.05) is 18.2 Å². The highest BCUT2D eigenvalue weighted by Crippen LogP contribution is 1.93. The third kappa shape index (κ3) is 2.99. The summed E-state index contributed by atoms with van der Waals surface area (Å²) in [5, 5.41) is 10.1. The average Bonchev–Trinajstić information content (AvgIpc) is 2.19. The minimum Gasteiger partial charge on any atom is -0.474 e. The first-order valence-corrected chi connectivity index (χ1v) is 3.79. The first-order valence-electron chi connectivity index (χ1n) is 3.79. The van der Waals surface area contributed by atoms with Crippen molar-refractivity contribution in [2.24, 2.45) is 0 Å². The van der Waals surface area contributed by atoms with Crippen LogP contribution in [0.3, 0.4) is 0 Å². The van der Waals surface area contributed by atoms with Gasteiger partial charge in [0.25, 0.3) is 0 Å². The normalized spacial score (nSPS) is 8.29. The fourth-order valence-corrected chi connectivity index (χ4v) is 0.735. The maximum absolute atomic E-state index is 10.5. The van der Waals surface area contributed by atoms with Crippen molar-refractivity contribution in [2.75, 3.05) is 0 Å². The number of carbonyl (C=O) groups is 2. The Labute approximate surface area is 80.6 Å². The smallest absolute Gasteiger partial charge is 0.395 e. The van der Waals surface area contributed by atoms with E-state index < -0.39 is 11.9 Å². The monoisotopic (exact) mass is 189 g/mol. The molecular weight excluding hydrogens is 182 g/mol. The van der Waals surface area contributed by atoms with Crippen molar-refractivity contribution < 1.29 is 14.7 Å². The number of carboxylic acids is 1. The van der Waals surface area contributed by atoms with E-state index in [2.05, 4.69) is 12.0 Å². The Balaban J connectivity index is 2.58. The molecule has 0 aliphatic heterocycles. The van der Waals surface area contributed by atoms with Gasteiger partial charge in [-0.25, -0.2) is 4.79 Å². The summed E-state index contributed by atoms with van der Waals surface area (Å²) in [6.07, 6.45) is 0. The molecule has 0 aliphatic carbocycles. The molecule has 0 atom stereocenters. The van der Waals surface area contributed by atoms with Crippen molar-refractivity contribution in [2.45, 2.75) is 0 Å². The number of rotatable bonds is 0. The third-order valence-electron chi connectivity index (χ3n) is 1.35. The van der Waals surface area contributed by atoms with Crippen molar-refractivity contribution in [3.8, 4) is 12.0 Å². The van der Waals surface area contributed by atoms with Crippen LogP contribution in [0.15, 0.2) is 30.3 Å². The zero-order valence-electron chi connectivity index (χ0n) is 7.15. The zero-order chi connectivity index (χ0) is 10.4. The molecule has 1 aromatic rings. The number of hydrogen-bond donors (Lipinski definition) is 2. The summed E-state index contributed by atoms with van der Waals surface area (Å²) in [6.45, 7) is 0. The van der Waals surface area contributed by atoms with Gasteiger partial charge in [0.1, 0.15) is 0 Å². The van der Waals surface area contributed by atoms with E-state index in [9.17, 15) is 9.59 Å². The van der Waals surface area contributed by atoms with Gasteiger partial charge in [0.2, 0.25) is 0 Å². The molecule has 0 fully saturated rings. The molecule has 2 N–H and O–H groups in total. The summed E-state index contributed by atoms with van der Waals surface area (Å²) in [4.78, 5) is 20.6. The summed E-state index contributed by atoms with van der Waals surface area (Å²) in [6, 6.07) is 11.2. The number of nitrogens with one attached hydrogen (secondary N) is 1. The molecule has 0 aliphatic rings. The number of hydrogen-bond acceptors (Lipinski definition) is 2. The van der Waals surface area contributed by atoms with Gasteiger partial charge >= 0.3 is 11.9 Å². The van der Waals surface area contributed by atoms with Crippen LogP contribution in [-0.4, -0.2) is 17.0 Å². The van der Waals surface area contributed by atoms with Crippen LogP contribution in [0.1, 0.15) is 5.56 Å². The number of aliphatic carboxylic acids is 1.